The topological polar surface area (TPSA) is 106 Å². The summed E-state index contributed by atoms with van der Waals surface area (Å²) < 4.78 is 38.9. The minimum atomic E-state index is -4.04. The van der Waals surface area contributed by atoms with Crippen molar-refractivity contribution in [1.29, 1.82) is 0 Å². The SMILES string of the molecule is COC(=O)c1cccc(S(=O)(=O)N(Cc2cc3cc(C)ccc3[nH]c2=O)CC2CCCO2)c1. The number of pyridine rings is 1. The average Bonchev–Trinajstić information content (AvgIpc) is 3.32. The molecule has 0 saturated carbocycles. The Bertz CT molecular complexity index is 1340. The van der Waals surface area contributed by atoms with Gasteiger partial charge in [-0.25, -0.2) is 13.2 Å². The van der Waals surface area contributed by atoms with Crippen molar-refractivity contribution >= 4 is 26.9 Å². The van der Waals surface area contributed by atoms with Gasteiger partial charge in [-0.2, -0.15) is 4.31 Å². The third kappa shape index (κ3) is 5.00. The Morgan fingerprint density at radius 3 is 2.76 bits per heavy atom. The molecule has 1 aromatic heterocycles. The highest BCUT2D eigenvalue weighted by Gasteiger charge is 2.30. The number of benzene rings is 2. The predicted molar refractivity (Wildman–Crippen MR) is 124 cm³/mol. The van der Waals surface area contributed by atoms with Crippen molar-refractivity contribution in [3.63, 3.8) is 0 Å². The van der Waals surface area contributed by atoms with Crippen molar-refractivity contribution in [2.24, 2.45) is 0 Å². The maximum Gasteiger partial charge on any atom is 0.337 e. The highest BCUT2D eigenvalue weighted by atomic mass is 32.2. The van der Waals surface area contributed by atoms with Crippen molar-refractivity contribution < 1.29 is 22.7 Å². The third-order valence-electron chi connectivity index (χ3n) is 5.75. The summed E-state index contributed by atoms with van der Waals surface area (Å²) in [5, 5.41) is 0.826. The van der Waals surface area contributed by atoms with Crippen LogP contribution in [-0.4, -0.2) is 50.0 Å². The maximum absolute atomic E-state index is 13.6. The number of esters is 1. The number of carbonyl (C=O) groups excluding carboxylic acids is 1. The molecule has 1 atom stereocenters. The fourth-order valence-electron chi connectivity index (χ4n) is 3.99. The van der Waals surface area contributed by atoms with Crippen LogP contribution in [0.3, 0.4) is 0 Å². The van der Waals surface area contributed by atoms with E-state index in [4.69, 9.17) is 9.47 Å². The minimum Gasteiger partial charge on any atom is -0.465 e. The number of nitrogens with zero attached hydrogens (tertiary/aromatic N) is 1. The van der Waals surface area contributed by atoms with Crippen LogP contribution in [0.25, 0.3) is 10.9 Å². The summed E-state index contributed by atoms with van der Waals surface area (Å²) in [4.78, 5) is 27.5. The standard InChI is InChI=1S/C24H26N2O6S/c1-16-8-9-22-18(11-16)12-19(23(27)25-22)14-26(15-20-6-4-10-32-20)33(29,30)21-7-3-5-17(13-21)24(28)31-2/h3,5,7-9,11-13,20H,4,6,10,14-15H2,1-2H3,(H,25,27). The van der Waals surface area contributed by atoms with Crippen LogP contribution in [0.4, 0.5) is 0 Å². The lowest BCUT2D eigenvalue weighted by Gasteiger charge is -2.25. The number of hydrogen-bond acceptors (Lipinski definition) is 6. The van der Waals surface area contributed by atoms with E-state index in [1.165, 1.54) is 35.7 Å². The summed E-state index contributed by atoms with van der Waals surface area (Å²) in [6.45, 7) is 2.51. The van der Waals surface area contributed by atoms with Crippen LogP contribution < -0.4 is 5.56 Å². The van der Waals surface area contributed by atoms with E-state index in [1.807, 2.05) is 25.1 Å². The van der Waals surface area contributed by atoms with Crippen LogP contribution in [-0.2, 0) is 26.0 Å². The van der Waals surface area contributed by atoms with Crippen LogP contribution in [0.5, 0.6) is 0 Å². The van der Waals surface area contributed by atoms with Gasteiger partial charge in [0.1, 0.15) is 0 Å². The second-order valence-electron chi connectivity index (χ2n) is 8.17. The number of methoxy groups -OCH3 is 1. The Morgan fingerprint density at radius 1 is 1.21 bits per heavy atom. The van der Waals surface area contributed by atoms with E-state index < -0.39 is 16.0 Å². The molecular weight excluding hydrogens is 444 g/mol. The molecule has 1 N–H and O–H groups in total. The van der Waals surface area contributed by atoms with E-state index in [-0.39, 0.29) is 35.2 Å². The van der Waals surface area contributed by atoms with Crippen molar-refractivity contribution in [3.05, 3.63) is 75.6 Å². The van der Waals surface area contributed by atoms with Gasteiger partial charge in [0.15, 0.2) is 0 Å². The molecule has 0 amide bonds. The molecule has 1 aliphatic heterocycles. The van der Waals surface area contributed by atoms with Gasteiger partial charge >= 0.3 is 5.97 Å². The largest absolute Gasteiger partial charge is 0.465 e. The van der Waals surface area contributed by atoms with E-state index in [0.717, 1.165) is 23.8 Å². The van der Waals surface area contributed by atoms with Crippen molar-refractivity contribution in [3.8, 4) is 0 Å². The fraction of sp³-hybridized carbons (Fsp3) is 0.333. The summed E-state index contributed by atoms with van der Waals surface area (Å²) in [6, 6.07) is 13.1. The molecule has 1 fully saturated rings. The van der Waals surface area contributed by atoms with Crippen molar-refractivity contribution in [1.82, 2.24) is 9.29 Å². The molecule has 33 heavy (non-hydrogen) atoms. The van der Waals surface area contributed by atoms with Gasteiger partial charge in [0, 0.05) is 30.8 Å². The number of sulfonamides is 1. The van der Waals surface area contributed by atoms with E-state index in [9.17, 15) is 18.0 Å². The molecule has 4 rings (SSSR count). The second kappa shape index (κ2) is 9.46. The van der Waals surface area contributed by atoms with Gasteiger partial charge in [0.05, 0.1) is 23.7 Å². The number of fused-ring (bicyclic) bond motifs is 1. The molecule has 0 radical (unpaired) electrons. The van der Waals surface area contributed by atoms with Crippen LogP contribution >= 0.6 is 0 Å². The van der Waals surface area contributed by atoms with Gasteiger partial charge in [-0.05, 0) is 61.5 Å². The average molecular weight is 471 g/mol. The lowest BCUT2D eigenvalue weighted by Crippen LogP contribution is -2.38. The number of hydrogen-bond donors (Lipinski definition) is 1. The highest BCUT2D eigenvalue weighted by molar-refractivity contribution is 7.89. The molecule has 8 nitrogen and oxygen atoms in total. The normalized spacial score (nSPS) is 16.4. The molecule has 1 unspecified atom stereocenters. The molecule has 2 heterocycles. The number of rotatable bonds is 7. The number of aryl methyl sites for hydroxylation is 1. The van der Waals surface area contributed by atoms with Crippen LogP contribution in [0, 0.1) is 6.92 Å². The molecule has 9 heteroatoms. The first kappa shape index (κ1) is 23.2. The molecule has 0 bridgehead atoms. The Labute approximate surface area is 192 Å². The number of aromatic amines is 1. The van der Waals surface area contributed by atoms with Crippen molar-refractivity contribution in [2.75, 3.05) is 20.3 Å². The highest BCUT2D eigenvalue weighted by Crippen LogP contribution is 2.23. The zero-order valence-electron chi connectivity index (χ0n) is 18.5. The van der Waals surface area contributed by atoms with E-state index in [2.05, 4.69) is 4.98 Å². The Morgan fingerprint density at radius 2 is 2.03 bits per heavy atom. The third-order valence-corrected chi connectivity index (χ3v) is 7.56. The number of nitrogens with one attached hydrogen (secondary N) is 1. The van der Waals surface area contributed by atoms with Gasteiger partial charge in [0.25, 0.3) is 5.56 Å². The lowest BCUT2D eigenvalue weighted by molar-refractivity contribution is 0.0600. The first-order valence-electron chi connectivity index (χ1n) is 10.7. The van der Waals surface area contributed by atoms with Crippen LogP contribution in [0.2, 0.25) is 0 Å². The summed E-state index contributed by atoms with van der Waals surface area (Å²) in [7, 11) is -2.80. The first-order chi connectivity index (χ1) is 15.8. The molecule has 174 valence electrons. The molecular formula is C24H26N2O6S. The smallest absolute Gasteiger partial charge is 0.337 e. The van der Waals surface area contributed by atoms with Gasteiger partial charge in [0.2, 0.25) is 10.0 Å². The van der Waals surface area contributed by atoms with Gasteiger partial charge in [-0.15, -0.1) is 0 Å². The summed E-state index contributed by atoms with van der Waals surface area (Å²) in [5.41, 5.74) is 1.84. The Kier molecular flexibility index (Phi) is 6.64. The number of aromatic nitrogens is 1. The van der Waals surface area contributed by atoms with E-state index in [1.54, 1.807) is 6.07 Å². The number of H-pyrrole nitrogens is 1. The summed E-state index contributed by atoms with van der Waals surface area (Å²) in [6.07, 6.45) is 1.33. The number of ether oxygens (including phenoxy) is 2. The molecule has 0 aliphatic carbocycles. The summed E-state index contributed by atoms with van der Waals surface area (Å²) in [5.74, 6) is -0.626. The Balaban J connectivity index is 1.74. The van der Waals surface area contributed by atoms with Gasteiger partial charge in [-0.1, -0.05) is 17.7 Å². The molecule has 1 aliphatic rings. The monoisotopic (exact) mass is 470 g/mol. The molecule has 2 aromatic carbocycles. The molecule has 0 spiro atoms. The van der Waals surface area contributed by atoms with Crippen LogP contribution in [0.15, 0.2) is 58.2 Å². The van der Waals surface area contributed by atoms with E-state index in [0.29, 0.717) is 17.7 Å². The zero-order chi connectivity index (χ0) is 23.6. The minimum absolute atomic E-state index is 0.0449. The molecule has 3 aromatic rings. The maximum atomic E-state index is 13.6. The zero-order valence-corrected chi connectivity index (χ0v) is 19.4. The number of carbonyl (C=O) groups is 1. The molecule has 1 saturated heterocycles. The van der Waals surface area contributed by atoms with E-state index >= 15 is 0 Å². The first-order valence-corrected chi connectivity index (χ1v) is 12.1. The second-order valence-corrected chi connectivity index (χ2v) is 10.1. The van der Waals surface area contributed by atoms with Gasteiger partial charge in [-0.3, -0.25) is 4.79 Å². The van der Waals surface area contributed by atoms with Crippen molar-refractivity contribution in [2.45, 2.75) is 37.3 Å². The summed E-state index contributed by atoms with van der Waals surface area (Å²) >= 11 is 0. The Hall–Kier alpha value is -3.01. The van der Waals surface area contributed by atoms with Crippen LogP contribution in [0.1, 0.15) is 34.3 Å². The quantitative estimate of drug-likeness (QED) is 0.532. The lowest BCUT2D eigenvalue weighted by atomic mass is 10.1. The predicted octanol–water partition coefficient (Wildman–Crippen LogP) is 2.99. The fourth-order valence-corrected chi connectivity index (χ4v) is 5.49. The van der Waals surface area contributed by atoms with Gasteiger partial charge < -0.3 is 14.5 Å².